The molecule has 4 heteroatoms. The van der Waals surface area contributed by atoms with Crippen LogP contribution in [-0.4, -0.2) is 6.29 Å². The fourth-order valence-corrected chi connectivity index (χ4v) is 1.14. The molecule has 0 N–H and O–H groups in total. The Bertz CT molecular complexity index is 361. The SMILES string of the molecule is O=CC(I)=Cc1ccc(F)cc1F. The number of allylic oxidation sites excluding steroid dienone is 1. The molecule has 1 rings (SSSR count). The third kappa shape index (κ3) is 2.87. The lowest BCUT2D eigenvalue weighted by Crippen LogP contribution is -1.84. The summed E-state index contributed by atoms with van der Waals surface area (Å²) in [6.45, 7) is 0. The van der Waals surface area contributed by atoms with Crippen LogP contribution < -0.4 is 0 Å². The molecular weight excluding hydrogens is 289 g/mol. The van der Waals surface area contributed by atoms with Gasteiger partial charge in [-0.3, -0.25) is 4.79 Å². The van der Waals surface area contributed by atoms with Gasteiger partial charge >= 0.3 is 0 Å². The monoisotopic (exact) mass is 294 g/mol. The summed E-state index contributed by atoms with van der Waals surface area (Å²) in [4.78, 5) is 10.2. The Labute approximate surface area is 87.6 Å². The molecule has 1 aromatic rings. The summed E-state index contributed by atoms with van der Waals surface area (Å²) < 4.78 is 25.7. The molecule has 0 aliphatic heterocycles. The van der Waals surface area contributed by atoms with Crippen molar-refractivity contribution in [3.8, 4) is 0 Å². The van der Waals surface area contributed by atoms with Gasteiger partial charge in [0.15, 0.2) is 6.29 Å². The maximum atomic E-state index is 12.9. The van der Waals surface area contributed by atoms with Crippen molar-refractivity contribution in [1.29, 1.82) is 0 Å². The Hall–Kier alpha value is -0.780. The molecular formula is C9H5F2IO. The first-order valence-electron chi connectivity index (χ1n) is 3.41. The second kappa shape index (κ2) is 4.45. The fourth-order valence-electron chi connectivity index (χ4n) is 0.801. The first-order valence-corrected chi connectivity index (χ1v) is 4.49. The standard InChI is InChI=1S/C9H5F2IO/c10-7-2-1-6(9(11)4-7)3-8(12)5-13/h1-5H. The lowest BCUT2D eigenvalue weighted by molar-refractivity contribution is -0.104. The summed E-state index contributed by atoms with van der Waals surface area (Å²) in [5.74, 6) is -1.30. The molecule has 13 heavy (non-hydrogen) atoms. The number of benzene rings is 1. The van der Waals surface area contributed by atoms with Gasteiger partial charge in [-0.15, -0.1) is 0 Å². The maximum Gasteiger partial charge on any atom is 0.156 e. The van der Waals surface area contributed by atoms with Crippen LogP contribution in [0.4, 0.5) is 8.78 Å². The topological polar surface area (TPSA) is 17.1 Å². The van der Waals surface area contributed by atoms with E-state index in [0.717, 1.165) is 12.1 Å². The molecule has 0 amide bonds. The third-order valence-corrected chi connectivity index (χ3v) is 1.93. The van der Waals surface area contributed by atoms with E-state index in [1.165, 1.54) is 12.1 Å². The van der Waals surface area contributed by atoms with Gasteiger partial charge in [-0.1, -0.05) is 0 Å². The van der Waals surface area contributed by atoms with Gasteiger partial charge in [-0.05, 0) is 40.8 Å². The van der Waals surface area contributed by atoms with Crippen molar-refractivity contribution in [2.45, 2.75) is 0 Å². The predicted octanol–water partition coefficient (Wildman–Crippen LogP) is 2.94. The van der Waals surface area contributed by atoms with E-state index in [1.54, 1.807) is 22.6 Å². The molecule has 0 atom stereocenters. The van der Waals surface area contributed by atoms with Crippen LogP contribution >= 0.6 is 22.6 Å². The van der Waals surface area contributed by atoms with Gasteiger partial charge in [0, 0.05) is 11.6 Å². The van der Waals surface area contributed by atoms with Crippen molar-refractivity contribution >= 4 is 35.0 Å². The minimum absolute atomic E-state index is 0.206. The van der Waals surface area contributed by atoms with Gasteiger partial charge in [0.1, 0.15) is 11.6 Å². The van der Waals surface area contributed by atoms with Crippen molar-refractivity contribution in [2.24, 2.45) is 0 Å². The largest absolute Gasteiger partial charge is 0.297 e. The van der Waals surface area contributed by atoms with Gasteiger partial charge in [-0.2, -0.15) is 0 Å². The first kappa shape index (κ1) is 10.3. The van der Waals surface area contributed by atoms with Crippen molar-refractivity contribution in [3.05, 3.63) is 39.0 Å². The highest BCUT2D eigenvalue weighted by molar-refractivity contribution is 14.1. The Morgan fingerprint density at radius 3 is 2.62 bits per heavy atom. The lowest BCUT2D eigenvalue weighted by Gasteiger charge is -1.96. The summed E-state index contributed by atoms with van der Waals surface area (Å²) in [6, 6.07) is 3.21. The maximum absolute atomic E-state index is 12.9. The van der Waals surface area contributed by atoms with Crippen LogP contribution in [0.2, 0.25) is 0 Å². The first-order chi connectivity index (χ1) is 6.13. The van der Waals surface area contributed by atoms with Crippen LogP contribution in [0.1, 0.15) is 5.56 Å². The molecule has 0 unspecified atom stereocenters. The van der Waals surface area contributed by atoms with Crippen LogP contribution in [0.3, 0.4) is 0 Å². The Balaban J connectivity index is 3.09. The minimum atomic E-state index is -0.670. The van der Waals surface area contributed by atoms with E-state index in [1.807, 2.05) is 0 Å². The Kier molecular flexibility index (Phi) is 3.53. The van der Waals surface area contributed by atoms with Crippen molar-refractivity contribution in [3.63, 3.8) is 0 Å². The smallest absolute Gasteiger partial charge is 0.156 e. The molecule has 0 saturated heterocycles. The molecule has 0 radical (unpaired) electrons. The molecule has 1 nitrogen and oxygen atoms in total. The van der Waals surface area contributed by atoms with Crippen LogP contribution in [0.5, 0.6) is 0 Å². The van der Waals surface area contributed by atoms with Crippen LogP contribution in [0, 0.1) is 11.6 Å². The Morgan fingerprint density at radius 2 is 2.08 bits per heavy atom. The van der Waals surface area contributed by atoms with E-state index in [-0.39, 0.29) is 5.56 Å². The second-order valence-corrected chi connectivity index (χ2v) is 3.56. The normalized spacial score (nSPS) is 11.5. The van der Waals surface area contributed by atoms with E-state index >= 15 is 0 Å². The highest BCUT2D eigenvalue weighted by Crippen LogP contribution is 2.15. The molecule has 0 spiro atoms. The van der Waals surface area contributed by atoms with Crippen LogP contribution in [-0.2, 0) is 4.79 Å². The summed E-state index contributed by atoms with van der Waals surface area (Å²) in [7, 11) is 0. The van der Waals surface area contributed by atoms with Gasteiger partial charge in [0.25, 0.3) is 0 Å². The lowest BCUT2D eigenvalue weighted by atomic mass is 10.2. The molecule has 0 heterocycles. The predicted molar refractivity (Wildman–Crippen MR) is 54.4 cm³/mol. The molecule has 0 aliphatic carbocycles. The zero-order chi connectivity index (χ0) is 9.84. The summed E-state index contributed by atoms with van der Waals surface area (Å²) in [5, 5.41) is 0. The molecule has 0 saturated carbocycles. The van der Waals surface area contributed by atoms with Gasteiger partial charge in [0.2, 0.25) is 0 Å². The van der Waals surface area contributed by atoms with Crippen LogP contribution in [0.25, 0.3) is 6.08 Å². The quantitative estimate of drug-likeness (QED) is 0.465. The molecule has 0 fully saturated rings. The van der Waals surface area contributed by atoms with Crippen molar-refractivity contribution in [2.75, 3.05) is 0 Å². The number of hydrogen-bond donors (Lipinski definition) is 0. The highest BCUT2D eigenvalue weighted by atomic mass is 127. The van der Waals surface area contributed by atoms with Gasteiger partial charge < -0.3 is 0 Å². The third-order valence-electron chi connectivity index (χ3n) is 1.37. The van der Waals surface area contributed by atoms with Crippen molar-refractivity contribution in [1.82, 2.24) is 0 Å². The van der Waals surface area contributed by atoms with Gasteiger partial charge in [-0.25, -0.2) is 8.78 Å². The summed E-state index contributed by atoms with van der Waals surface area (Å²) in [6.07, 6.45) is 1.95. The van der Waals surface area contributed by atoms with Crippen LogP contribution in [0.15, 0.2) is 21.8 Å². The average molecular weight is 294 g/mol. The van der Waals surface area contributed by atoms with E-state index < -0.39 is 11.6 Å². The van der Waals surface area contributed by atoms with Crippen molar-refractivity contribution < 1.29 is 13.6 Å². The molecule has 0 bridgehead atoms. The van der Waals surface area contributed by atoms with Gasteiger partial charge in [0.05, 0.1) is 3.58 Å². The highest BCUT2D eigenvalue weighted by Gasteiger charge is 2.01. The average Bonchev–Trinajstić information content (AvgIpc) is 2.09. The van der Waals surface area contributed by atoms with E-state index in [4.69, 9.17) is 0 Å². The molecule has 0 aromatic heterocycles. The molecule has 0 aliphatic rings. The fraction of sp³-hybridized carbons (Fsp3) is 0. The molecule has 1 aromatic carbocycles. The second-order valence-electron chi connectivity index (χ2n) is 2.31. The number of aldehydes is 1. The minimum Gasteiger partial charge on any atom is -0.297 e. The molecule has 68 valence electrons. The van der Waals surface area contributed by atoms with E-state index in [9.17, 15) is 13.6 Å². The summed E-state index contributed by atoms with van der Waals surface area (Å²) in [5.41, 5.74) is 0.206. The number of hydrogen-bond acceptors (Lipinski definition) is 1. The van der Waals surface area contributed by atoms with E-state index in [0.29, 0.717) is 9.87 Å². The van der Waals surface area contributed by atoms with E-state index in [2.05, 4.69) is 0 Å². The number of carbonyl (C=O) groups excluding carboxylic acids is 1. The summed E-state index contributed by atoms with van der Waals surface area (Å²) >= 11 is 1.77. The number of rotatable bonds is 2. The Morgan fingerprint density at radius 1 is 1.38 bits per heavy atom. The number of carbonyl (C=O) groups is 1. The zero-order valence-electron chi connectivity index (χ0n) is 6.43. The zero-order valence-corrected chi connectivity index (χ0v) is 8.59. The number of halogens is 3.